The summed E-state index contributed by atoms with van der Waals surface area (Å²) in [4.78, 5) is 12.1. The fourth-order valence-electron chi connectivity index (χ4n) is 1.83. The zero-order valence-corrected chi connectivity index (χ0v) is 12.8. The lowest BCUT2D eigenvalue weighted by atomic mass is 10.2. The van der Waals surface area contributed by atoms with Crippen LogP contribution >= 0.6 is 15.9 Å². The summed E-state index contributed by atoms with van der Waals surface area (Å²) in [5.74, 6) is 0.722. The molecule has 4 heteroatoms. The summed E-state index contributed by atoms with van der Waals surface area (Å²) in [6, 6.07) is 15.1. The van der Waals surface area contributed by atoms with Crippen LogP contribution in [0.5, 0.6) is 5.75 Å². The van der Waals surface area contributed by atoms with Crippen molar-refractivity contribution in [2.75, 3.05) is 6.61 Å². The van der Waals surface area contributed by atoms with Crippen molar-refractivity contribution in [1.29, 1.82) is 0 Å². The van der Waals surface area contributed by atoms with Crippen LogP contribution < -0.4 is 10.1 Å². The molecule has 0 aliphatic heterocycles. The van der Waals surface area contributed by atoms with Gasteiger partial charge < -0.3 is 10.1 Å². The van der Waals surface area contributed by atoms with Crippen LogP contribution in [0.3, 0.4) is 0 Å². The van der Waals surface area contributed by atoms with Crippen molar-refractivity contribution in [1.82, 2.24) is 5.32 Å². The third-order valence-corrected chi connectivity index (χ3v) is 3.47. The van der Waals surface area contributed by atoms with Gasteiger partial charge >= 0.3 is 0 Å². The molecule has 0 saturated carbocycles. The molecule has 0 atom stereocenters. The Bertz CT molecular complexity index is 599. The minimum Gasteiger partial charge on any atom is -0.494 e. The number of benzene rings is 2. The molecule has 0 saturated heterocycles. The number of carbonyl (C=O) groups excluding carboxylic acids is 1. The summed E-state index contributed by atoms with van der Waals surface area (Å²) in [5.41, 5.74) is 1.64. The van der Waals surface area contributed by atoms with E-state index in [-0.39, 0.29) is 5.91 Å². The van der Waals surface area contributed by atoms with Gasteiger partial charge in [0.05, 0.1) is 12.2 Å². The van der Waals surface area contributed by atoms with Crippen LogP contribution in [-0.4, -0.2) is 12.5 Å². The molecule has 1 N–H and O–H groups in total. The normalized spacial score (nSPS) is 10.1. The summed E-state index contributed by atoms with van der Waals surface area (Å²) in [6.45, 7) is 3.05. The van der Waals surface area contributed by atoms with Crippen molar-refractivity contribution < 1.29 is 9.53 Å². The van der Waals surface area contributed by atoms with Crippen LogP contribution in [0.15, 0.2) is 53.0 Å². The monoisotopic (exact) mass is 333 g/mol. The minimum absolute atomic E-state index is 0.0979. The lowest BCUT2D eigenvalue weighted by Gasteiger charge is -2.08. The Labute approximate surface area is 127 Å². The number of hydrogen-bond donors (Lipinski definition) is 1. The molecule has 0 heterocycles. The number of amides is 1. The topological polar surface area (TPSA) is 38.3 Å². The van der Waals surface area contributed by atoms with Crippen molar-refractivity contribution in [3.8, 4) is 5.75 Å². The summed E-state index contributed by atoms with van der Waals surface area (Å²) in [7, 11) is 0. The zero-order valence-electron chi connectivity index (χ0n) is 11.2. The molecule has 0 aliphatic rings. The van der Waals surface area contributed by atoms with Gasteiger partial charge in [-0.15, -0.1) is 0 Å². The molecule has 2 aromatic rings. The van der Waals surface area contributed by atoms with Gasteiger partial charge in [0, 0.05) is 11.0 Å². The van der Waals surface area contributed by atoms with E-state index in [0.29, 0.717) is 18.7 Å². The molecule has 104 valence electrons. The first-order valence-corrected chi connectivity index (χ1v) is 7.24. The summed E-state index contributed by atoms with van der Waals surface area (Å²) >= 11 is 3.37. The van der Waals surface area contributed by atoms with Crippen LogP contribution in [0.1, 0.15) is 22.8 Å². The van der Waals surface area contributed by atoms with Crippen molar-refractivity contribution in [2.45, 2.75) is 13.5 Å². The van der Waals surface area contributed by atoms with E-state index in [9.17, 15) is 4.79 Å². The molecule has 2 rings (SSSR count). The van der Waals surface area contributed by atoms with Gasteiger partial charge in [-0.05, 0) is 52.7 Å². The second-order valence-electron chi connectivity index (χ2n) is 4.24. The molecule has 0 fully saturated rings. The van der Waals surface area contributed by atoms with E-state index < -0.39 is 0 Å². The van der Waals surface area contributed by atoms with Gasteiger partial charge in [0.25, 0.3) is 5.91 Å². The highest BCUT2D eigenvalue weighted by atomic mass is 79.9. The number of ether oxygens (including phenoxy) is 1. The smallest absolute Gasteiger partial charge is 0.252 e. The van der Waals surface area contributed by atoms with Crippen LogP contribution in [0.4, 0.5) is 0 Å². The maximum absolute atomic E-state index is 12.1. The lowest BCUT2D eigenvalue weighted by molar-refractivity contribution is 0.0950. The third-order valence-electron chi connectivity index (χ3n) is 2.78. The average Bonchev–Trinajstić information content (AvgIpc) is 2.46. The van der Waals surface area contributed by atoms with E-state index in [1.165, 1.54) is 0 Å². The minimum atomic E-state index is -0.0979. The van der Waals surface area contributed by atoms with Crippen LogP contribution in [-0.2, 0) is 6.54 Å². The van der Waals surface area contributed by atoms with E-state index in [0.717, 1.165) is 15.8 Å². The van der Waals surface area contributed by atoms with E-state index in [2.05, 4.69) is 21.2 Å². The summed E-state index contributed by atoms with van der Waals surface area (Å²) < 4.78 is 6.23. The molecule has 0 radical (unpaired) electrons. The lowest BCUT2D eigenvalue weighted by Crippen LogP contribution is -2.23. The van der Waals surface area contributed by atoms with Crippen LogP contribution in [0.25, 0.3) is 0 Å². The average molecular weight is 334 g/mol. The first-order valence-electron chi connectivity index (χ1n) is 6.45. The van der Waals surface area contributed by atoms with E-state index in [4.69, 9.17) is 4.74 Å². The zero-order chi connectivity index (χ0) is 14.4. The first-order chi connectivity index (χ1) is 9.70. The summed E-state index contributed by atoms with van der Waals surface area (Å²) in [5, 5.41) is 2.90. The standard InChI is InChI=1S/C16H16BrNO2/c1-2-20-13-7-5-6-12(10-13)11-18-16(19)14-8-3-4-9-15(14)17/h3-10H,2,11H2,1H3,(H,18,19). The molecule has 0 spiro atoms. The molecule has 0 aromatic heterocycles. The molecular weight excluding hydrogens is 318 g/mol. The van der Waals surface area contributed by atoms with Crippen LogP contribution in [0, 0.1) is 0 Å². The number of carbonyl (C=O) groups is 1. The molecular formula is C16H16BrNO2. The molecule has 0 unspecified atom stereocenters. The second-order valence-corrected chi connectivity index (χ2v) is 5.10. The van der Waals surface area contributed by atoms with Gasteiger partial charge in [-0.25, -0.2) is 0 Å². The SMILES string of the molecule is CCOc1cccc(CNC(=O)c2ccccc2Br)c1. The summed E-state index contributed by atoms with van der Waals surface area (Å²) in [6.07, 6.45) is 0. The Kier molecular flexibility index (Phi) is 5.18. The Morgan fingerprint density at radius 1 is 1.20 bits per heavy atom. The molecule has 20 heavy (non-hydrogen) atoms. The Morgan fingerprint density at radius 3 is 2.75 bits per heavy atom. The van der Waals surface area contributed by atoms with Crippen molar-refractivity contribution >= 4 is 21.8 Å². The molecule has 2 aromatic carbocycles. The van der Waals surface area contributed by atoms with Gasteiger partial charge in [-0.1, -0.05) is 24.3 Å². The Balaban J connectivity index is 2.00. The van der Waals surface area contributed by atoms with Crippen molar-refractivity contribution in [3.05, 3.63) is 64.1 Å². The van der Waals surface area contributed by atoms with Gasteiger partial charge in [-0.2, -0.15) is 0 Å². The number of halogens is 1. The van der Waals surface area contributed by atoms with Crippen molar-refractivity contribution in [3.63, 3.8) is 0 Å². The quantitative estimate of drug-likeness (QED) is 0.904. The third kappa shape index (κ3) is 3.84. The second kappa shape index (κ2) is 7.10. The molecule has 0 aliphatic carbocycles. The van der Waals surface area contributed by atoms with Crippen LogP contribution in [0.2, 0.25) is 0 Å². The molecule has 3 nitrogen and oxygen atoms in total. The largest absolute Gasteiger partial charge is 0.494 e. The maximum Gasteiger partial charge on any atom is 0.252 e. The highest BCUT2D eigenvalue weighted by Crippen LogP contribution is 2.16. The van der Waals surface area contributed by atoms with Crippen molar-refractivity contribution in [2.24, 2.45) is 0 Å². The highest BCUT2D eigenvalue weighted by molar-refractivity contribution is 9.10. The fraction of sp³-hybridized carbons (Fsp3) is 0.188. The Morgan fingerprint density at radius 2 is 2.00 bits per heavy atom. The number of hydrogen-bond acceptors (Lipinski definition) is 2. The van der Waals surface area contributed by atoms with E-state index in [1.54, 1.807) is 6.07 Å². The van der Waals surface area contributed by atoms with E-state index in [1.807, 2.05) is 49.4 Å². The number of nitrogens with one attached hydrogen (secondary N) is 1. The Hall–Kier alpha value is -1.81. The number of rotatable bonds is 5. The molecule has 0 bridgehead atoms. The predicted molar refractivity (Wildman–Crippen MR) is 82.9 cm³/mol. The first kappa shape index (κ1) is 14.6. The van der Waals surface area contributed by atoms with Gasteiger partial charge in [-0.3, -0.25) is 4.79 Å². The molecule has 1 amide bonds. The van der Waals surface area contributed by atoms with Gasteiger partial charge in [0.15, 0.2) is 0 Å². The van der Waals surface area contributed by atoms with E-state index >= 15 is 0 Å². The van der Waals surface area contributed by atoms with Gasteiger partial charge in [0.1, 0.15) is 5.75 Å². The highest BCUT2D eigenvalue weighted by Gasteiger charge is 2.08. The van der Waals surface area contributed by atoms with Gasteiger partial charge in [0.2, 0.25) is 0 Å². The predicted octanol–water partition coefficient (Wildman–Crippen LogP) is 3.78. The maximum atomic E-state index is 12.1. The fourth-order valence-corrected chi connectivity index (χ4v) is 2.30.